The number of rotatable bonds is 8. The molecule has 0 amide bonds. The highest BCUT2D eigenvalue weighted by molar-refractivity contribution is 5.73. The number of carboxylic acid groups (broad SMARTS) is 1. The van der Waals surface area contributed by atoms with Gasteiger partial charge in [0.25, 0.3) is 0 Å². The normalized spacial score (nSPS) is 21.6. The molecule has 1 saturated carbocycles. The third-order valence-electron chi connectivity index (χ3n) is 4.18. The minimum absolute atomic E-state index is 0.469. The average Bonchev–Trinajstić information content (AvgIpc) is 2.22. The number of carbonyl (C=O) groups is 1. The van der Waals surface area contributed by atoms with Crippen LogP contribution in [0.2, 0.25) is 0 Å². The molecule has 0 radical (unpaired) electrons. The second kappa shape index (κ2) is 7.00. The van der Waals surface area contributed by atoms with Gasteiger partial charge in [0.15, 0.2) is 0 Å². The van der Waals surface area contributed by atoms with E-state index in [1.54, 1.807) is 0 Å². The summed E-state index contributed by atoms with van der Waals surface area (Å²) in [6, 6.07) is -0.684. The van der Waals surface area contributed by atoms with Crippen molar-refractivity contribution < 1.29 is 9.90 Å². The van der Waals surface area contributed by atoms with Crippen molar-refractivity contribution in [3.8, 4) is 0 Å². The summed E-state index contributed by atoms with van der Waals surface area (Å²) < 4.78 is 0. The number of aliphatic carboxylic acids is 1. The molecule has 0 bridgehead atoms. The van der Waals surface area contributed by atoms with Gasteiger partial charge in [0.1, 0.15) is 6.04 Å². The Morgan fingerprint density at radius 2 is 2.06 bits per heavy atom. The van der Waals surface area contributed by atoms with Gasteiger partial charge in [-0.25, -0.2) is 0 Å². The summed E-state index contributed by atoms with van der Waals surface area (Å²) in [4.78, 5) is 10.7. The van der Waals surface area contributed by atoms with E-state index in [0.29, 0.717) is 18.3 Å². The van der Waals surface area contributed by atoms with Crippen LogP contribution in [0, 0.1) is 17.8 Å². The summed E-state index contributed by atoms with van der Waals surface area (Å²) in [5.74, 6) is 1.26. The van der Waals surface area contributed by atoms with Crippen LogP contribution in [0.5, 0.6) is 0 Å². The van der Waals surface area contributed by atoms with E-state index in [4.69, 9.17) is 10.8 Å². The summed E-state index contributed by atoms with van der Waals surface area (Å²) in [5, 5.41) is 8.83. The Hall–Kier alpha value is -0.570. The quantitative estimate of drug-likeness (QED) is 0.686. The van der Waals surface area contributed by atoms with Crippen molar-refractivity contribution in [3.63, 3.8) is 0 Å². The molecule has 1 aliphatic carbocycles. The fourth-order valence-corrected chi connectivity index (χ4v) is 2.85. The summed E-state index contributed by atoms with van der Waals surface area (Å²) in [6.45, 7) is 4.43. The van der Waals surface area contributed by atoms with Gasteiger partial charge in [0.05, 0.1) is 0 Å². The molecule has 0 aromatic rings. The molecular weight excluding hydrogens is 214 g/mol. The number of hydrogen-bond donors (Lipinski definition) is 2. The second-order valence-corrected chi connectivity index (χ2v) is 5.83. The molecular formula is C14H27NO2. The first-order valence-corrected chi connectivity index (χ1v) is 7.01. The molecule has 1 aliphatic rings. The van der Waals surface area contributed by atoms with E-state index in [1.165, 1.54) is 25.7 Å². The highest BCUT2D eigenvalue weighted by Crippen LogP contribution is 2.34. The molecule has 1 fully saturated rings. The van der Waals surface area contributed by atoms with Crippen molar-refractivity contribution in [1.29, 1.82) is 0 Å². The van der Waals surface area contributed by atoms with Crippen LogP contribution >= 0.6 is 0 Å². The number of hydrogen-bond acceptors (Lipinski definition) is 2. The molecule has 3 atom stereocenters. The zero-order valence-electron chi connectivity index (χ0n) is 11.2. The minimum Gasteiger partial charge on any atom is -0.480 e. The van der Waals surface area contributed by atoms with Crippen molar-refractivity contribution in [1.82, 2.24) is 0 Å². The van der Waals surface area contributed by atoms with Gasteiger partial charge in [0, 0.05) is 0 Å². The lowest BCUT2D eigenvalue weighted by atomic mass is 9.76. The van der Waals surface area contributed by atoms with E-state index in [0.717, 1.165) is 18.8 Å². The lowest BCUT2D eigenvalue weighted by Gasteiger charge is -2.30. The molecule has 1 rings (SSSR count). The smallest absolute Gasteiger partial charge is 0.320 e. The van der Waals surface area contributed by atoms with Crippen LogP contribution in [0.1, 0.15) is 58.8 Å². The summed E-state index contributed by atoms with van der Waals surface area (Å²) in [7, 11) is 0. The molecule has 0 aromatic carbocycles. The van der Waals surface area contributed by atoms with Gasteiger partial charge >= 0.3 is 5.97 Å². The zero-order chi connectivity index (χ0) is 12.8. The molecule has 3 heteroatoms. The largest absolute Gasteiger partial charge is 0.480 e. The molecule has 3 N–H and O–H groups in total. The van der Waals surface area contributed by atoms with Gasteiger partial charge in [-0.1, -0.05) is 39.5 Å². The Morgan fingerprint density at radius 1 is 1.41 bits per heavy atom. The Labute approximate surface area is 105 Å². The highest BCUT2D eigenvalue weighted by Gasteiger charge is 2.23. The Balaban J connectivity index is 2.26. The van der Waals surface area contributed by atoms with E-state index < -0.39 is 12.0 Å². The number of carboxylic acids is 1. The molecule has 0 heterocycles. The van der Waals surface area contributed by atoms with Gasteiger partial charge in [0.2, 0.25) is 0 Å². The Kier molecular flexibility index (Phi) is 5.96. The van der Waals surface area contributed by atoms with E-state index in [-0.39, 0.29) is 0 Å². The molecule has 100 valence electrons. The Morgan fingerprint density at radius 3 is 2.47 bits per heavy atom. The maximum absolute atomic E-state index is 10.7. The fourth-order valence-electron chi connectivity index (χ4n) is 2.85. The SMILES string of the molecule is CCC(CC(C)CC1CCC1)CC(N)C(=O)O. The molecule has 0 aromatic heterocycles. The monoisotopic (exact) mass is 241 g/mol. The van der Waals surface area contributed by atoms with Gasteiger partial charge in [-0.2, -0.15) is 0 Å². The predicted molar refractivity (Wildman–Crippen MR) is 69.7 cm³/mol. The molecule has 0 aliphatic heterocycles. The van der Waals surface area contributed by atoms with E-state index in [2.05, 4.69) is 13.8 Å². The molecule has 3 nitrogen and oxygen atoms in total. The standard InChI is InChI=1S/C14H27NO2/c1-3-11(9-13(15)14(16)17)7-10(2)8-12-5-4-6-12/h10-13H,3-9,15H2,1-2H3,(H,16,17). The Bertz CT molecular complexity index is 238. The van der Waals surface area contributed by atoms with Gasteiger partial charge in [-0.15, -0.1) is 0 Å². The fraction of sp³-hybridized carbons (Fsp3) is 0.929. The van der Waals surface area contributed by atoms with Crippen LogP contribution in [0.4, 0.5) is 0 Å². The van der Waals surface area contributed by atoms with Crippen molar-refractivity contribution in [3.05, 3.63) is 0 Å². The maximum atomic E-state index is 10.7. The zero-order valence-corrected chi connectivity index (χ0v) is 11.2. The van der Waals surface area contributed by atoms with Crippen molar-refractivity contribution in [2.24, 2.45) is 23.5 Å². The lowest BCUT2D eigenvalue weighted by Crippen LogP contribution is -2.32. The third kappa shape index (κ3) is 5.07. The minimum atomic E-state index is -0.866. The molecule has 0 saturated heterocycles. The van der Waals surface area contributed by atoms with E-state index in [9.17, 15) is 4.79 Å². The van der Waals surface area contributed by atoms with Crippen LogP contribution < -0.4 is 5.73 Å². The lowest BCUT2D eigenvalue weighted by molar-refractivity contribution is -0.139. The summed E-state index contributed by atoms with van der Waals surface area (Å²) in [5.41, 5.74) is 5.61. The van der Waals surface area contributed by atoms with Gasteiger partial charge < -0.3 is 10.8 Å². The third-order valence-corrected chi connectivity index (χ3v) is 4.18. The molecule has 17 heavy (non-hydrogen) atoms. The summed E-state index contributed by atoms with van der Waals surface area (Å²) in [6.07, 6.45) is 8.31. The first-order chi connectivity index (χ1) is 8.02. The summed E-state index contributed by atoms with van der Waals surface area (Å²) >= 11 is 0. The van der Waals surface area contributed by atoms with Crippen LogP contribution in [0.15, 0.2) is 0 Å². The number of nitrogens with two attached hydrogens (primary N) is 1. The van der Waals surface area contributed by atoms with Crippen molar-refractivity contribution in [2.45, 2.75) is 64.8 Å². The highest BCUT2D eigenvalue weighted by atomic mass is 16.4. The average molecular weight is 241 g/mol. The van der Waals surface area contributed by atoms with Crippen LogP contribution in [-0.4, -0.2) is 17.1 Å². The van der Waals surface area contributed by atoms with Crippen molar-refractivity contribution >= 4 is 5.97 Å². The van der Waals surface area contributed by atoms with E-state index >= 15 is 0 Å². The maximum Gasteiger partial charge on any atom is 0.320 e. The molecule has 0 spiro atoms. The topological polar surface area (TPSA) is 63.3 Å². The van der Waals surface area contributed by atoms with Crippen molar-refractivity contribution in [2.75, 3.05) is 0 Å². The predicted octanol–water partition coefficient (Wildman–Crippen LogP) is 3.03. The van der Waals surface area contributed by atoms with Crippen LogP contribution in [-0.2, 0) is 4.79 Å². The van der Waals surface area contributed by atoms with Crippen LogP contribution in [0.3, 0.4) is 0 Å². The van der Waals surface area contributed by atoms with Gasteiger partial charge in [-0.3, -0.25) is 4.79 Å². The first kappa shape index (κ1) is 14.5. The first-order valence-electron chi connectivity index (χ1n) is 7.01. The molecule has 3 unspecified atom stereocenters. The van der Waals surface area contributed by atoms with Crippen LogP contribution in [0.25, 0.3) is 0 Å². The van der Waals surface area contributed by atoms with Gasteiger partial charge in [-0.05, 0) is 37.0 Å². The second-order valence-electron chi connectivity index (χ2n) is 5.83. The van der Waals surface area contributed by atoms with E-state index in [1.807, 2.05) is 0 Å².